The predicted molar refractivity (Wildman–Crippen MR) is 141 cm³/mol. The smallest absolute Gasteiger partial charge is 0.311 e. The van der Waals surface area contributed by atoms with Crippen LogP contribution >= 0.6 is 7.37 Å². The highest BCUT2D eigenvalue weighted by Crippen LogP contribution is 2.65. The van der Waals surface area contributed by atoms with Crippen LogP contribution in [0.25, 0.3) is 10.8 Å². The average molecular weight is 481 g/mol. The normalized spacial score (nSPS) is 16.0. The molecule has 0 aromatic heterocycles. The standard InChI is InChI=1S/C29H37O4P/c1-3-5-6-10-18-27(28(29(30)31)23-15-8-7-9-16-23)34(32,33)26(13-4-2)25-20-19-22-14-11-12-17-24(22)21-25/h7-9,11-12,14-17,19-21,26-28H,3-6,10,13,18H2,1-2H3,(H,30,31)(H,32,33). The summed E-state index contributed by atoms with van der Waals surface area (Å²) in [6.45, 7) is 4.13. The fourth-order valence-electron chi connectivity index (χ4n) is 5.02. The number of hydrogen-bond acceptors (Lipinski definition) is 2. The van der Waals surface area contributed by atoms with E-state index in [1.54, 1.807) is 24.3 Å². The molecule has 0 spiro atoms. The van der Waals surface area contributed by atoms with Crippen LogP contribution in [0.5, 0.6) is 0 Å². The van der Waals surface area contributed by atoms with Crippen molar-refractivity contribution >= 4 is 24.1 Å². The lowest BCUT2D eigenvalue weighted by atomic mass is 9.92. The summed E-state index contributed by atoms with van der Waals surface area (Å²) in [6.07, 6.45) is 5.48. The largest absolute Gasteiger partial charge is 0.481 e. The first kappa shape index (κ1) is 26.2. The number of fused-ring (bicyclic) bond motifs is 1. The van der Waals surface area contributed by atoms with E-state index in [-0.39, 0.29) is 0 Å². The van der Waals surface area contributed by atoms with Gasteiger partial charge >= 0.3 is 5.97 Å². The Labute approximate surface area is 203 Å². The van der Waals surface area contributed by atoms with Crippen molar-refractivity contribution in [1.82, 2.24) is 0 Å². The molecule has 4 nitrogen and oxygen atoms in total. The minimum absolute atomic E-state index is 0.424. The van der Waals surface area contributed by atoms with Gasteiger partial charge in [-0.15, -0.1) is 0 Å². The van der Waals surface area contributed by atoms with Crippen LogP contribution in [0.4, 0.5) is 0 Å². The lowest BCUT2D eigenvalue weighted by Gasteiger charge is -2.34. The van der Waals surface area contributed by atoms with Gasteiger partial charge in [0.2, 0.25) is 7.37 Å². The van der Waals surface area contributed by atoms with Gasteiger partial charge in [0, 0.05) is 0 Å². The number of rotatable bonds is 13. The van der Waals surface area contributed by atoms with E-state index in [1.165, 1.54) is 0 Å². The van der Waals surface area contributed by atoms with Crippen LogP contribution < -0.4 is 0 Å². The Kier molecular flexibility index (Phi) is 9.50. The van der Waals surface area contributed by atoms with Crippen LogP contribution in [0.15, 0.2) is 72.8 Å². The number of unbranched alkanes of at least 4 members (excludes halogenated alkanes) is 3. The van der Waals surface area contributed by atoms with Crippen LogP contribution in [0, 0.1) is 0 Å². The second kappa shape index (κ2) is 12.3. The molecule has 3 aromatic rings. The first-order valence-electron chi connectivity index (χ1n) is 12.5. The van der Waals surface area contributed by atoms with E-state index in [0.717, 1.165) is 48.4 Å². The lowest BCUT2D eigenvalue weighted by Crippen LogP contribution is -2.28. The van der Waals surface area contributed by atoms with Gasteiger partial charge < -0.3 is 10.00 Å². The van der Waals surface area contributed by atoms with Gasteiger partial charge in [-0.05, 0) is 34.7 Å². The summed E-state index contributed by atoms with van der Waals surface area (Å²) in [7, 11) is -3.93. The number of hydrogen-bond donors (Lipinski definition) is 2. The van der Waals surface area contributed by atoms with Gasteiger partial charge in [0.05, 0.1) is 17.2 Å². The Balaban J connectivity index is 2.07. The molecule has 3 aromatic carbocycles. The zero-order chi connectivity index (χ0) is 24.6. The van der Waals surface area contributed by atoms with E-state index >= 15 is 0 Å². The Morgan fingerprint density at radius 3 is 2.12 bits per heavy atom. The number of carbonyl (C=O) groups is 1. The van der Waals surface area contributed by atoms with Crippen molar-refractivity contribution < 1.29 is 19.4 Å². The first-order valence-corrected chi connectivity index (χ1v) is 14.3. The molecule has 182 valence electrons. The average Bonchev–Trinajstić information content (AvgIpc) is 2.84. The van der Waals surface area contributed by atoms with Gasteiger partial charge in [0.25, 0.3) is 0 Å². The molecule has 2 N–H and O–H groups in total. The van der Waals surface area contributed by atoms with Crippen LogP contribution in [0.1, 0.15) is 81.5 Å². The van der Waals surface area contributed by atoms with Crippen LogP contribution in [0.2, 0.25) is 0 Å². The minimum Gasteiger partial charge on any atom is -0.481 e. The number of aliphatic carboxylic acids is 1. The van der Waals surface area contributed by atoms with Gasteiger partial charge in [0.1, 0.15) is 0 Å². The highest BCUT2D eigenvalue weighted by atomic mass is 31.2. The molecule has 4 atom stereocenters. The monoisotopic (exact) mass is 480 g/mol. The third-order valence-electron chi connectivity index (χ3n) is 6.81. The molecule has 0 aliphatic carbocycles. The molecule has 0 bridgehead atoms. The van der Waals surface area contributed by atoms with Gasteiger partial charge in [-0.25, -0.2) is 0 Å². The molecular formula is C29H37O4P. The maximum atomic E-state index is 14.4. The summed E-state index contributed by atoms with van der Waals surface area (Å²) >= 11 is 0. The Morgan fingerprint density at radius 1 is 0.794 bits per heavy atom. The zero-order valence-corrected chi connectivity index (χ0v) is 21.2. The molecule has 0 aliphatic rings. The maximum Gasteiger partial charge on any atom is 0.311 e. The fraction of sp³-hybridized carbons (Fsp3) is 0.414. The molecule has 0 radical (unpaired) electrons. The molecule has 4 unspecified atom stereocenters. The number of carboxylic acids is 1. The van der Waals surface area contributed by atoms with Crippen molar-refractivity contribution in [3.63, 3.8) is 0 Å². The van der Waals surface area contributed by atoms with Crippen molar-refractivity contribution in [2.45, 2.75) is 76.0 Å². The zero-order valence-electron chi connectivity index (χ0n) is 20.3. The van der Waals surface area contributed by atoms with E-state index < -0.39 is 30.6 Å². The Bertz CT molecular complexity index is 1110. The van der Waals surface area contributed by atoms with E-state index in [2.05, 4.69) is 6.92 Å². The van der Waals surface area contributed by atoms with Crippen LogP contribution in [-0.4, -0.2) is 21.6 Å². The molecule has 0 aliphatic heterocycles. The molecule has 0 amide bonds. The lowest BCUT2D eigenvalue weighted by molar-refractivity contribution is -0.139. The summed E-state index contributed by atoms with van der Waals surface area (Å²) in [6, 6.07) is 22.9. The third-order valence-corrected chi connectivity index (χ3v) is 9.76. The highest BCUT2D eigenvalue weighted by molar-refractivity contribution is 7.59. The van der Waals surface area contributed by atoms with Crippen molar-refractivity contribution in [2.75, 3.05) is 0 Å². The van der Waals surface area contributed by atoms with E-state index in [9.17, 15) is 19.4 Å². The molecule has 0 heterocycles. The molecule has 0 saturated carbocycles. The van der Waals surface area contributed by atoms with E-state index in [0.29, 0.717) is 18.4 Å². The van der Waals surface area contributed by atoms with Crippen molar-refractivity contribution in [1.29, 1.82) is 0 Å². The van der Waals surface area contributed by atoms with Crippen LogP contribution in [-0.2, 0) is 9.36 Å². The Hall–Kier alpha value is -2.42. The van der Waals surface area contributed by atoms with Gasteiger partial charge in [-0.1, -0.05) is 119 Å². The quantitative estimate of drug-likeness (QED) is 0.191. The van der Waals surface area contributed by atoms with Crippen molar-refractivity contribution in [3.05, 3.63) is 83.9 Å². The van der Waals surface area contributed by atoms with Gasteiger partial charge in [0.15, 0.2) is 0 Å². The summed E-state index contributed by atoms with van der Waals surface area (Å²) in [5.74, 6) is -2.05. The SMILES string of the molecule is CCCCCCC(C(C(=O)O)c1ccccc1)P(=O)(O)C(CCC)c1ccc2ccccc2c1. The second-order valence-corrected chi connectivity index (χ2v) is 11.9. The van der Waals surface area contributed by atoms with Crippen molar-refractivity contribution in [2.24, 2.45) is 0 Å². The topological polar surface area (TPSA) is 74.6 Å². The minimum atomic E-state index is -3.93. The summed E-state index contributed by atoms with van der Waals surface area (Å²) in [5.41, 5.74) is -0.0169. The second-order valence-electron chi connectivity index (χ2n) is 9.23. The van der Waals surface area contributed by atoms with Gasteiger partial charge in [-0.2, -0.15) is 0 Å². The summed E-state index contributed by atoms with van der Waals surface area (Å²) < 4.78 is 14.4. The Morgan fingerprint density at radius 2 is 1.47 bits per heavy atom. The predicted octanol–water partition coefficient (Wildman–Crippen LogP) is 8.16. The van der Waals surface area contributed by atoms with Crippen LogP contribution in [0.3, 0.4) is 0 Å². The number of carboxylic acid groups (broad SMARTS) is 1. The summed E-state index contributed by atoms with van der Waals surface area (Å²) in [5, 5.41) is 12.4. The third kappa shape index (κ3) is 6.17. The molecular weight excluding hydrogens is 443 g/mol. The molecule has 0 fully saturated rings. The van der Waals surface area contributed by atoms with E-state index in [1.807, 2.05) is 55.5 Å². The molecule has 3 rings (SSSR count). The first-order chi connectivity index (χ1) is 16.4. The van der Waals surface area contributed by atoms with Gasteiger partial charge in [-0.3, -0.25) is 9.36 Å². The highest BCUT2D eigenvalue weighted by Gasteiger charge is 2.46. The molecule has 5 heteroatoms. The fourth-order valence-corrected chi connectivity index (χ4v) is 7.98. The van der Waals surface area contributed by atoms with Crippen molar-refractivity contribution in [3.8, 4) is 0 Å². The maximum absolute atomic E-state index is 14.4. The number of benzene rings is 3. The molecule has 34 heavy (non-hydrogen) atoms. The summed E-state index contributed by atoms with van der Waals surface area (Å²) in [4.78, 5) is 24.4. The van der Waals surface area contributed by atoms with E-state index in [4.69, 9.17) is 0 Å². The molecule has 0 saturated heterocycles.